The van der Waals surface area contributed by atoms with Gasteiger partial charge in [0.25, 0.3) is 0 Å². The molecule has 1 aliphatic carbocycles. The first-order chi connectivity index (χ1) is 5.72. The average Bonchev–Trinajstić information content (AvgIpc) is 2.48. The van der Waals surface area contributed by atoms with Crippen LogP contribution < -0.4 is 5.32 Å². The molecule has 0 radical (unpaired) electrons. The SMILES string of the molecule is CCC1CCC(NCC(C)=O)C1. The minimum absolute atomic E-state index is 0.245. The highest BCUT2D eigenvalue weighted by Crippen LogP contribution is 2.27. The molecule has 1 saturated carbocycles. The number of Topliss-reactive ketones (excluding diaryl/α,β-unsaturated/α-hetero) is 1. The topological polar surface area (TPSA) is 29.1 Å². The van der Waals surface area contributed by atoms with Crippen LogP contribution >= 0.6 is 0 Å². The third-order valence-electron chi connectivity index (χ3n) is 2.76. The van der Waals surface area contributed by atoms with Crippen molar-refractivity contribution in [1.29, 1.82) is 0 Å². The molecule has 2 nitrogen and oxygen atoms in total. The van der Waals surface area contributed by atoms with Crippen LogP contribution in [0.2, 0.25) is 0 Å². The summed E-state index contributed by atoms with van der Waals surface area (Å²) in [5, 5.41) is 3.30. The molecule has 1 fully saturated rings. The molecule has 0 aromatic rings. The second-order valence-electron chi connectivity index (χ2n) is 3.87. The first kappa shape index (κ1) is 9.72. The monoisotopic (exact) mass is 169 g/mol. The zero-order valence-electron chi connectivity index (χ0n) is 8.10. The summed E-state index contributed by atoms with van der Waals surface area (Å²) in [5.41, 5.74) is 0. The lowest BCUT2D eigenvalue weighted by Crippen LogP contribution is -2.30. The molecular weight excluding hydrogens is 150 g/mol. The zero-order valence-corrected chi connectivity index (χ0v) is 8.10. The van der Waals surface area contributed by atoms with Crippen LogP contribution in [-0.4, -0.2) is 18.4 Å². The molecule has 0 spiro atoms. The predicted octanol–water partition coefficient (Wildman–Crippen LogP) is 1.74. The summed E-state index contributed by atoms with van der Waals surface area (Å²) in [5.74, 6) is 1.14. The maximum absolute atomic E-state index is 10.7. The van der Waals surface area contributed by atoms with Crippen molar-refractivity contribution in [2.45, 2.75) is 45.6 Å². The summed E-state index contributed by atoms with van der Waals surface area (Å²) >= 11 is 0. The van der Waals surface area contributed by atoms with Crippen LogP contribution in [0.5, 0.6) is 0 Å². The largest absolute Gasteiger partial charge is 0.307 e. The van der Waals surface area contributed by atoms with Crippen molar-refractivity contribution in [1.82, 2.24) is 5.32 Å². The fourth-order valence-corrected chi connectivity index (χ4v) is 1.92. The van der Waals surface area contributed by atoms with Gasteiger partial charge in [0.2, 0.25) is 0 Å². The van der Waals surface area contributed by atoms with Crippen molar-refractivity contribution in [3.05, 3.63) is 0 Å². The molecule has 1 aliphatic rings. The zero-order chi connectivity index (χ0) is 8.97. The normalized spacial score (nSPS) is 29.2. The Balaban J connectivity index is 2.15. The average molecular weight is 169 g/mol. The van der Waals surface area contributed by atoms with Gasteiger partial charge in [0, 0.05) is 6.04 Å². The molecule has 0 aromatic carbocycles. The van der Waals surface area contributed by atoms with Crippen molar-refractivity contribution in [2.75, 3.05) is 6.54 Å². The van der Waals surface area contributed by atoms with E-state index in [1.807, 2.05) is 0 Å². The molecule has 0 aliphatic heterocycles. The van der Waals surface area contributed by atoms with Crippen molar-refractivity contribution in [3.8, 4) is 0 Å². The van der Waals surface area contributed by atoms with Crippen molar-refractivity contribution in [3.63, 3.8) is 0 Å². The van der Waals surface area contributed by atoms with Crippen LogP contribution in [0, 0.1) is 5.92 Å². The van der Waals surface area contributed by atoms with Gasteiger partial charge in [-0.3, -0.25) is 4.79 Å². The maximum atomic E-state index is 10.7. The van der Waals surface area contributed by atoms with E-state index in [4.69, 9.17) is 0 Å². The lowest BCUT2D eigenvalue weighted by atomic mass is 10.1. The Hall–Kier alpha value is -0.370. The molecule has 0 heterocycles. The minimum Gasteiger partial charge on any atom is -0.307 e. The van der Waals surface area contributed by atoms with E-state index < -0.39 is 0 Å². The third-order valence-corrected chi connectivity index (χ3v) is 2.76. The number of carbonyl (C=O) groups excluding carboxylic acids is 1. The molecule has 0 amide bonds. The van der Waals surface area contributed by atoms with Crippen LogP contribution in [-0.2, 0) is 4.79 Å². The van der Waals surface area contributed by atoms with Crippen molar-refractivity contribution < 1.29 is 4.79 Å². The van der Waals surface area contributed by atoms with Crippen molar-refractivity contribution >= 4 is 5.78 Å². The van der Waals surface area contributed by atoms with Gasteiger partial charge in [-0.05, 0) is 32.1 Å². The van der Waals surface area contributed by atoms with Gasteiger partial charge in [0.1, 0.15) is 5.78 Å². The summed E-state index contributed by atoms with van der Waals surface area (Å²) in [6, 6.07) is 0.610. The molecule has 2 atom stereocenters. The summed E-state index contributed by atoms with van der Waals surface area (Å²) < 4.78 is 0. The van der Waals surface area contributed by atoms with E-state index in [9.17, 15) is 4.79 Å². The van der Waals surface area contributed by atoms with Crippen LogP contribution in [0.4, 0.5) is 0 Å². The van der Waals surface area contributed by atoms with E-state index in [0.717, 1.165) is 5.92 Å². The molecule has 2 heteroatoms. The first-order valence-corrected chi connectivity index (χ1v) is 4.95. The van der Waals surface area contributed by atoms with Crippen LogP contribution in [0.25, 0.3) is 0 Å². The Morgan fingerprint density at radius 3 is 2.75 bits per heavy atom. The minimum atomic E-state index is 0.245. The molecule has 0 saturated heterocycles. The Labute approximate surface area is 74.7 Å². The number of nitrogens with one attached hydrogen (secondary N) is 1. The second-order valence-corrected chi connectivity index (χ2v) is 3.87. The Bertz CT molecular complexity index is 156. The number of hydrogen-bond donors (Lipinski definition) is 1. The van der Waals surface area contributed by atoms with Gasteiger partial charge in [-0.25, -0.2) is 0 Å². The van der Waals surface area contributed by atoms with E-state index in [1.165, 1.54) is 25.7 Å². The van der Waals surface area contributed by atoms with Crippen LogP contribution in [0.15, 0.2) is 0 Å². The van der Waals surface area contributed by atoms with Gasteiger partial charge >= 0.3 is 0 Å². The summed E-state index contributed by atoms with van der Waals surface area (Å²) in [7, 11) is 0. The molecule has 2 unspecified atom stereocenters. The molecular formula is C10H19NO. The van der Waals surface area contributed by atoms with Crippen molar-refractivity contribution in [2.24, 2.45) is 5.92 Å². The third kappa shape index (κ3) is 2.94. The summed E-state index contributed by atoms with van der Waals surface area (Å²) in [4.78, 5) is 10.7. The fraction of sp³-hybridized carbons (Fsp3) is 0.900. The smallest absolute Gasteiger partial charge is 0.143 e. The van der Waals surface area contributed by atoms with E-state index >= 15 is 0 Å². The summed E-state index contributed by atoms with van der Waals surface area (Å²) in [6.45, 7) is 4.44. The van der Waals surface area contributed by atoms with E-state index in [0.29, 0.717) is 12.6 Å². The van der Waals surface area contributed by atoms with E-state index in [2.05, 4.69) is 12.2 Å². The van der Waals surface area contributed by atoms with Crippen LogP contribution in [0.1, 0.15) is 39.5 Å². The number of ketones is 1. The number of rotatable bonds is 4. The lowest BCUT2D eigenvalue weighted by molar-refractivity contribution is -0.116. The molecule has 70 valence electrons. The Morgan fingerprint density at radius 2 is 2.25 bits per heavy atom. The van der Waals surface area contributed by atoms with Gasteiger partial charge in [-0.2, -0.15) is 0 Å². The number of carbonyl (C=O) groups is 1. The van der Waals surface area contributed by atoms with E-state index in [-0.39, 0.29) is 5.78 Å². The highest BCUT2D eigenvalue weighted by Gasteiger charge is 2.22. The Kier molecular flexibility index (Phi) is 3.73. The molecule has 12 heavy (non-hydrogen) atoms. The lowest BCUT2D eigenvalue weighted by Gasteiger charge is -2.10. The molecule has 0 aromatic heterocycles. The molecule has 1 N–H and O–H groups in total. The Morgan fingerprint density at radius 1 is 1.50 bits per heavy atom. The predicted molar refractivity (Wildman–Crippen MR) is 50.1 cm³/mol. The molecule has 1 rings (SSSR count). The standard InChI is InChI=1S/C10H19NO/c1-3-9-4-5-10(6-9)11-7-8(2)12/h9-11H,3-7H2,1-2H3. The first-order valence-electron chi connectivity index (χ1n) is 4.95. The number of hydrogen-bond acceptors (Lipinski definition) is 2. The highest BCUT2D eigenvalue weighted by atomic mass is 16.1. The van der Waals surface area contributed by atoms with Gasteiger partial charge in [-0.15, -0.1) is 0 Å². The van der Waals surface area contributed by atoms with Gasteiger partial charge in [-0.1, -0.05) is 13.3 Å². The quantitative estimate of drug-likeness (QED) is 0.694. The van der Waals surface area contributed by atoms with Gasteiger partial charge < -0.3 is 5.32 Å². The molecule has 0 bridgehead atoms. The van der Waals surface area contributed by atoms with Gasteiger partial charge in [0.15, 0.2) is 0 Å². The summed E-state index contributed by atoms with van der Waals surface area (Å²) in [6.07, 6.45) is 5.15. The van der Waals surface area contributed by atoms with Gasteiger partial charge in [0.05, 0.1) is 6.54 Å². The maximum Gasteiger partial charge on any atom is 0.143 e. The second kappa shape index (κ2) is 4.61. The van der Waals surface area contributed by atoms with E-state index in [1.54, 1.807) is 6.92 Å². The fourth-order valence-electron chi connectivity index (χ4n) is 1.92. The van der Waals surface area contributed by atoms with Crippen LogP contribution in [0.3, 0.4) is 0 Å². The highest BCUT2D eigenvalue weighted by molar-refractivity contribution is 5.77.